The summed E-state index contributed by atoms with van der Waals surface area (Å²) in [5, 5.41) is 8.39. The molecule has 1 aromatic rings. The van der Waals surface area contributed by atoms with Crippen molar-refractivity contribution in [2.24, 2.45) is 0 Å². The first-order chi connectivity index (χ1) is 9.63. The fraction of sp³-hybridized carbons (Fsp3) is 0.812. The highest BCUT2D eigenvalue weighted by atomic mass is 15.3. The number of nitrogens with one attached hydrogen (secondary N) is 1. The lowest BCUT2D eigenvalue weighted by atomic mass is 9.99. The monoisotopic (exact) mass is 278 g/mol. The molecule has 2 heterocycles. The third-order valence-electron chi connectivity index (χ3n) is 4.76. The van der Waals surface area contributed by atoms with Crippen LogP contribution >= 0.6 is 0 Å². The third-order valence-corrected chi connectivity index (χ3v) is 4.76. The highest BCUT2D eigenvalue weighted by Gasteiger charge is 2.22. The Morgan fingerprint density at radius 2 is 2.15 bits per heavy atom. The van der Waals surface area contributed by atoms with Gasteiger partial charge in [0.1, 0.15) is 0 Å². The Bertz CT molecular complexity index is 397. The number of hydrogen-bond acceptors (Lipinski definition) is 3. The summed E-state index contributed by atoms with van der Waals surface area (Å²) >= 11 is 0. The Balaban J connectivity index is 1.82. The van der Waals surface area contributed by atoms with Crippen LogP contribution in [0.25, 0.3) is 0 Å². The zero-order valence-electron chi connectivity index (χ0n) is 13.5. The number of aromatic nitrogens is 2. The van der Waals surface area contributed by atoms with Gasteiger partial charge in [0.2, 0.25) is 0 Å². The van der Waals surface area contributed by atoms with Crippen LogP contribution in [-0.4, -0.2) is 40.4 Å². The molecule has 0 spiro atoms. The summed E-state index contributed by atoms with van der Waals surface area (Å²) in [5.74, 6) is 0. The van der Waals surface area contributed by atoms with E-state index in [1.807, 2.05) is 0 Å². The Hall–Kier alpha value is -0.870. The second-order valence-electron chi connectivity index (χ2n) is 6.19. The van der Waals surface area contributed by atoms with Gasteiger partial charge in [-0.05, 0) is 52.3 Å². The average Bonchev–Trinajstić information content (AvgIpc) is 2.90. The van der Waals surface area contributed by atoms with E-state index in [2.05, 4.69) is 55.0 Å². The van der Waals surface area contributed by atoms with Crippen LogP contribution in [0.1, 0.15) is 58.2 Å². The molecule has 1 fully saturated rings. The molecule has 0 saturated carbocycles. The highest BCUT2D eigenvalue weighted by Crippen LogP contribution is 2.17. The molecular weight excluding hydrogens is 248 g/mol. The minimum atomic E-state index is 0.548. The van der Waals surface area contributed by atoms with Gasteiger partial charge in [0.15, 0.2) is 0 Å². The fourth-order valence-electron chi connectivity index (χ4n) is 3.06. The molecule has 0 aliphatic carbocycles. The molecule has 4 nitrogen and oxygen atoms in total. The van der Waals surface area contributed by atoms with Crippen molar-refractivity contribution in [2.45, 2.75) is 71.1 Å². The molecule has 0 bridgehead atoms. The van der Waals surface area contributed by atoms with E-state index in [0.717, 1.165) is 19.4 Å². The summed E-state index contributed by atoms with van der Waals surface area (Å²) in [6, 6.07) is 4.03. The van der Waals surface area contributed by atoms with Crippen molar-refractivity contribution in [1.29, 1.82) is 0 Å². The summed E-state index contributed by atoms with van der Waals surface area (Å²) in [7, 11) is 2.22. The fourth-order valence-corrected chi connectivity index (χ4v) is 3.06. The minimum Gasteiger partial charge on any atom is -0.308 e. The second kappa shape index (κ2) is 7.23. The predicted molar refractivity (Wildman–Crippen MR) is 83.8 cm³/mol. The quantitative estimate of drug-likeness (QED) is 0.868. The lowest BCUT2D eigenvalue weighted by Gasteiger charge is -2.35. The maximum absolute atomic E-state index is 4.71. The van der Waals surface area contributed by atoms with Crippen molar-refractivity contribution >= 4 is 0 Å². The maximum Gasteiger partial charge on any atom is 0.0762 e. The van der Waals surface area contributed by atoms with Crippen LogP contribution in [0, 0.1) is 0 Å². The first-order valence-electron chi connectivity index (χ1n) is 8.11. The molecule has 2 rings (SSSR count). The van der Waals surface area contributed by atoms with Crippen molar-refractivity contribution in [2.75, 3.05) is 13.6 Å². The number of hydrogen-bond donors (Lipinski definition) is 1. The predicted octanol–water partition coefficient (Wildman–Crippen LogP) is 2.82. The first-order valence-corrected chi connectivity index (χ1v) is 8.11. The smallest absolute Gasteiger partial charge is 0.0762 e. The lowest BCUT2D eigenvalue weighted by molar-refractivity contribution is 0.168. The molecule has 0 radical (unpaired) electrons. The van der Waals surface area contributed by atoms with Crippen molar-refractivity contribution in [3.63, 3.8) is 0 Å². The average molecular weight is 278 g/mol. The van der Waals surface area contributed by atoms with E-state index in [-0.39, 0.29) is 0 Å². The molecular formula is C16H30N4. The van der Waals surface area contributed by atoms with Gasteiger partial charge >= 0.3 is 0 Å². The molecule has 1 aliphatic heterocycles. The van der Waals surface area contributed by atoms with E-state index in [1.165, 1.54) is 25.1 Å². The van der Waals surface area contributed by atoms with Gasteiger partial charge in [0, 0.05) is 24.8 Å². The zero-order chi connectivity index (χ0) is 14.5. The van der Waals surface area contributed by atoms with Crippen LogP contribution in [0.15, 0.2) is 12.3 Å². The number of nitrogens with zero attached hydrogens (tertiary/aromatic N) is 3. The van der Waals surface area contributed by atoms with Crippen LogP contribution in [-0.2, 0) is 6.54 Å². The first kappa shape index (κ1) is 15.5. The van der Waals surface area contributed by atoms with Crippen LogP contribution in [0.5, 0.6) is 0 Å². The van der Waals surface area contributed by atoms with Crippen LogP contribution in [0.2, 0.25) is 0 Å². The van der Waals surface area contributed by atoms with E-state index in [9.17, 15) is 0 Å². The van der Waals surface area contributed by atoms with Gasteiger partial charge in [0.25, 0.3) is 0 Å². The Labute approximate surface area is 123 Å². The standard InChI is InChI=1S/C16H30N4/c1-5-16(6-2)20-10-8-15(18-20)12-17-14-7-9-19(4)13(3)11-14/h8,10,13-14,16-17H,5-7,9,11-12H2,1-4H3. The van der Waals surface area contributed by atoms with Crippen LogP contribution < -0.4 is 5.32 Å². The second-order valence-corrected chi connectivity index (χ2v) is 6.19. The topological polar surface area (TPSA) is 33.1 Å². The summed E-state index contributed by atoms with van der Waals surface area (Å²) in [5.41, 5.74) is 1.17. The van der Waals surface area contributed by atoms with E-state index in [1.54, 1.807) is 0 Å². The number of likely N-dealkylation sites (tertiary alicyclic amines) is 1. The van der Waals surface area contributed by atoms with E-state index in [4.69, 9.17) is 5.10 Å². The number of rotatable bonds is 6. The van der Waals surface area contributed by atoms with E-state index >= 15 is 0 Å². The van der Waals surface area contributed by atoms with Gasteiger partial charge in [-0.1, -0.05) is 13.8 Å². The molecule has 1 aromatic heterocycles. The molecule has 2 unspecified atom stereocenters. The molecule has 1 saturated heterocycles. The molecule has 114 valence electrons. The minimum absolute atomic E-state index is 0.548. The van der Waals surface area contributed by atoms with Crippen LogP contribution in [0.4, 0.5) is 0 Å². The summed E-state index contributed by atoms with van der Waals surface area (Å²) < 4.78 is 2.13. The normalized spacial score (nSPS) is 24.4. The molecule has 2 atom stereocenters. The molecule has 4 heteroatoms. The highest BCUT2D eigenvalue weighted by molar-refractivity contribution is 5.00. The Kier molecular flexibility index (Phi) is 5.61. The van der Waals surface area contributed by atoms with Crippen molar-refractivity contribution in [3.8, 4) is 0 Å². The summed E-state index contributed by atoms with van der Waals surface area (Å²) in [4.78, 5) is 2.44. The van der Waals surface area contributed by atoms with Gasteiger partial charge in [-0.25, -0.2) is 0 Å². The lowest BCUT2D eigenvalue weighted by Crippen LogP contribution is -2.45. The largest absolute Gasteiger partial charge is 0.308 e. The zero-order valence-corrected chi connectivity index (χ0v) is 13.5. The van der Waals surface area contributed by atoms with Gasteiger partial charge in [-0.15, -0.1) is 0 Å². The van der Waals surface area contributed by atoms with Gasteiger partial charge in [0.05, 0.1) is 11.7 Å². The van der Waals surface area contributed by atoms with Crippen molar-refractivity contribution < 1.29 is 0 Å². The molecule has 0 aromatic carbocycles. The van der Waals surface area contributed by atoms with Gasteiger partial charge in [-0.2, -0.15) is 5.10 Å². The van der Waals surface area contributed by atoms with Gasteiger partial charge < -0.3 is 10.2 Å². The molecule has 1 N–H and O–H groups in total. The maximum atomic E-state index is 4.71. The number of piperidine rings is 1. The molecule has 1 aliphatic rings. The van der Waals surface area contributed by atoms with E-state index < -0.39 is 0 Å². The molecule has 20 heavy (non-hydrogen) atoms. The summed E-state index contributed by atoms with van der Waals surface area (Å²) in [6.07, 6.45) is 6.92. The third kappa shape index (κ3) is 3.83. The van der Waals surface area contributed by atoms with Crippen molar-refractivity contribution in [1.82, 2.24) is 20.0 Å². The van der Waals surface area contributed by atoms with E-state index in [0.29, 0.717) is 18.1 Å². The Morgan fingerprint density at radius 1 is 1.40 bits per heavy atom. The van der Waals surface area contributed by atoms with Crippen LogP contribution in [0.3, 0.4) is 0 Å². The molecule has 0 amide bonds. The SMILES string of the molecule is CCC(CC)n1ccc(CNC2CCN(C)C(C)C2)n1. The Morgan fingerprint density at radius 3 is 2.80 bits per heavy atom. The van der Waals surface area contributed by atoms with Gasteiger partial charge in [-0.3, -0.25) is 4.68 Å². The van der Waals surface area contributed by atoms with Crippen molar-refractivity contribution in [3.05, 3.63) is 18.0 Å². The summed E-state index contributed by atoms with van der Waals surface area (Å²) in [6.45, 7) is 8.87.